The lowest BCUT2D eigenvalue weighted by atomic mass is 10.1. The Labute approximate surface area is 266 Å². The van der Waals surface area contributed by atoms with Crippen LogP contribution in [0.1, 0.15) is 82.1 Å². The predicted molar refractivity (Wildman–Crippen MR) is 171 cm³/mol. The molecule has 0 saturated carbocycles. The van der Waals surface area contributed by atoms with Crippen molar-refractivity contribution in [1.29, 1.82) is 0 Å². The average Bonchev–Trinajstić information content (AvgIpc) is 3.75. The van der Waals surface area contributed by atoms with E-state index in [1.54, 1.807) is 6.20 Å². The van der Waals surface area contributed by atoms with E-state index in [4.69, 9.17) is 18.6 Å². The van der Waals surface area contributed by atoms with Gasteiger partial charge in [-0.15, -0.1) is 0 Å². The molecule has 0 unspecified atom stereocenters. The van der Waals surface area contributed by atoms with Crippen molar-refractivity contribution in [3.8, 4) is 0 Å². The van der Waals surface area contributed by atoms with Gasteiger partial charge in [-0.3, -0.25) is 9.59 Å². The number of carbonyl (C=O) groups is 4. The van der Waals surface area contributed by atoms with Crippen LogP contribution in [0.25, 0.3) is 0 Å². The number of ketones is 2. The summed E-state index contributed by atoms with van der Waals surface area (Å²) in [7, 11) is 0. The number of amides is 1. The molecule has 45 heavy (non-hydrogen) atoms. The molecule has 1 saturated heterocycles. The Kier molecular flexibility index (Phi) is 20.7. The van der Waals surface area contributed by atoms with E-state index in [2.05, 4.69) is 10.3 Å². The summed E-state index contributed by atoms with van der Waals surface area (Å²) in [6.45, 7) is 6.27. The highest BCUT2D eigenvalue weighted by Gasteiger charge is 2.08. The van der Waals surface area contributed by atoms with Gasteiger partial charge in [0.05, 0.1) is 6.20 Å². The number of nitrogens with one attached hydrogen (secondary N) is 1. The molecule has 246 valence electrons. The van der Waals surface area contributed by atoms with Gasteiger partial charge in [0.1, 0.15) is 30.5 Å². The van der Waals surface area contributed by atoms with Crippen molar-refractivity contribution in [3.05, 3.63) is 89.6 Å². The topological polar surface area (TPSA) is 134 Å². The second-order valence-corrected chi connectivity index (χ2v) is 10.2. The van der Waals surface area contributed by atoms with Gasteiger partial charge in [-0.05, 0) is 44.2 Å². The van der Waals surface area contributed by atoms with Crippen LogP contribution < -0.4 is 5.32 Å². The maximum absolute atomic E-state index is 11.5. The Bertz CT molecular complexity index is 1230. The smallest absolute Gasteiger partial charge is 0.407 e. The fourth-order valence-corrected chi connectivity index (χ4v) is 3.75. The van der Waals surface area contributed by atoms with E-state index in [-0.39, 0.29) is 57.4 Å². The standard InChI is InChI=1S/C16H20O4.C14H16N2O3.C4H8O.CH4/c1-13(17)10-11-15(18)8-5-9-16(19)20-12-14-6-3-2-4-7-14;1-11-9-16-13(19-11)7-8-15-14(17)18-10-12-5-3-2-4-6-12;1-2-4-5-3-1;/h2-4,6-7H,5,8-12H2,1H3;2-6,9H,7-8,10H2,1H3,(H,15,17);1-4H2;1H4. The minimum Gasteiger partial charge on any atom is -0.461 e. The number of carbonyl (C=O) groups excluding carboxylic acids is 4. The van der Waals surface area contributed by atoms with Gasteiger partial charge in [0.2, 0.25) is 0 Å². The van der Waals surface area contributed by atoms with Crippen LogP contribution in [-0.4, -0.2) is 48.4 Å². The summed E-state index contributed by atoms with van der Waals surface area (Å²) in [5, 5.41) is 2.65. The van der Waals surface area contributed by atoms with Crippen molar-refractivity contribution in [1.82, 2.24) is 10.3 Å². The molecule has 0 spiro atoms. The third kappa shape index (κ3) is 20.3. The third-order valence-electron chi connectivity index (χ3n) is 6.15. The van der Waals surface area contributed by atoms with Crippen LogP contribution >= 0.6 is 0 Å². The Morgan fingerprint density at radius 2 is 1.42 bits per heavy atom. The molecule has 1 aliphatic rings. The predicted octanol–water partition coefficient (Wildman–Crippen LogP) is 6.72. The normalized spacial score (nSPS) is 11.4. The van der Waals surface area contributed by atoms with E-state index in [1.165, 1.54) is 19.8 Å². The van der Waals surface area contributed by atoms with E-state index < -0.39 is 6.09 Å². The van der Waals surface area contributed by atoms with Crippen molar-refractivity contribution in [2.45, 2.75) is 85.9 Å². The Morgan fingerprint density at radius 1 is 0.822 bits per heavy atom. The molecule has 1 fully saturated rings. The molecule has 0 atom stereocenters. The molecule has 1 N–H and O–H groups in total. The monoisotopic (exact) mass is 624 g/mol. The number of oxazole rings is 1. The van der Waals surface area contributed by atoms with Gasteiger partial charge in [0.25, 0.3) is 0 Å². The van der Waals surface area contributed by atoms with E-state index in [0.717, 1.165) is 30.1 Å². The second-order valence-electron chi connectivity index (χ2n) is 10.2. The number of nitrogens with zero attached hydrogens (tertiary/aromatic N) is 1. The first-order valence-corrected chi connectivity index (χ1v) is 15.0. The van der Waals surface area contributed by atoms with Crippen molar-refractivity contribution < 1.29 is 37.8 Å². The molecule has 4 rings (SSSR count). The van der Waals surface area contributed by atoms with E-state index in [1.807, 2.05) is 67.6 Å². The van der Waals surface area contributed by atoms with Crippen molar-refractivity contribution in [3.63, 3.8) is 0 Å². The Balaban J connectivity index is 0.000000381. The van der Waals surface area contributed by atoms with Crippen LogP contribution in [-0.2, 0) is 48.2 Å². The van der Waals surface area contributed by atoms with Crippen LogP contribution in [0.15, 0.2) is 71.3 Å². The van der Waals surface area contributed by atoms with Crippen molar-refractivity contribution >= 4 is 23.6 Å². The lowest BCUT2D eigenvalue weighted by Gasteiger charge is -2.05. The summed E-state index contributed by atoms with van der Waals surface area (Å²) < 4.78 is 20.4. The highest BCUT2D eigenvalue weighted by atomic mass is 16.5. The molecule has 0 bridgehead atoms. The highest BCUT2D eigenvalue weighted by Crippen LogP contribution is 2.06. The zero-order valence-electron chi connectivity index (χ0n) is 25.8. The van der Waals surface area contributed by atoms with Gasteiger partial charge in [0, 0.05) is 51.9 Å². The summed E-state index contributed by atoms with van der Waals surface area (Å²) in [4.78, 5) is 49.1. The molecule has 10 heteroatoms. The van der Waals surface area contributed by atoms with Crippen LogP contribution in [0, 0.1) is 6.92 Å². The quantitative estimate of drug-likeness (QED) is 0.194. The molecule has 0 radical (unpaired) electrons. The number of ether oxygens (including phenoxy) is 3. The van der Waals surface area contributed by atoms with Gasteiger partial charge < -0.3 is 28.7 Å². The van der Waals surface area contributed by atoms with Crippen LogP contribution in [0.5, 0.6) is 0 Å². The summed E-state index contributed by atoms with van der Waals surface area (Å²) in [5.74, 6) is 1.12. The largest absolute Gasteiger partial charge is 0.461 e. The average molecular weight is 625 g/mol. The zero-order valence-corrected chi connectivity index (χ0v) is 25.8. The number of benzene rings is 2. The lowest BCUT2D eigenvalue weighted by molar-refractivity contribution is -0.145. The van der Waals surface area contributed by atoms with Crippen LogP contribution in [0.2, 0.25) is 0 Å². The number of aryl methyl sites for hydroxylation is 1. The van der Waals surface area contributed by atoms with E-state index in [9.17, 15) is 19.2 Å². The van der Waals surface area contributed by atoms with E-state index >= 15 is 0 Å². The number of hydrogen-bond donors (Lipinski definition) is 1. The first kappa shape index (κ1) is 38.7. The van der Waals surface area contributed by atoms with Crippen LogP contribution in [0.4, 0.5) is 4.79 Å². The number of hydrogen-bond acceptors (Lipinski definition) is 9. The number of rotatable bonds is 14. The molecule has 1 aliphatic heterocycles. The van der Waals surface area contributed by atoms with Gasteiger partial charge in [-0.2, -0.15) is 0 Å². The summed E-state index contributed by atoms with van der Waals surface area (Å²) in [6, 6.07) is 19.0. The minimum atomic E-state index is -0.438. The molecular weight excluding hydrogens is 576 g/mol. The van der Waals surface area contributed by atoms with Gasteiger partial charge in [-0.1, -0.05) is 68.1 Å². The van der Waals surface area contributed by atoms with E-state index in [0.29, 0.717) is 31.7 Å². The molecule has 0 aliphatic carbocycles. The molecule has 1 aromatic heterocycles. The van der Waals surface area contributed by atoms with Crippen molar-refractivity contribution in [2.24, 2.45) is 0 Å². The maximum atomic E-state index is 11.5. The third-order valence-corrected chi connectivity index (χ3v) is 6.15. The Hall–Kier alpha value is -4.31. The van der Waals surface area contributed by atoms with Gasteiger partial charge in [0.15, 0.2) is 5.89 Å². The second kappa shape index (κ2) is 24.1. The fourth-order valence-electron chi connectivity index (χ4n) is 3.75. The fraction of sp³-hybridized carbons (Fsp3) is 0.457. The van der Waals surface area contributed by atoms with Gasteiger partial charge >= 0.3 is 12.1 Å². The number of Topliss-reactive ketones (excluding diaryl/α,β-unsaturated/α-hetero) is 2. The molecule has 3 aromatic rings. The summed E-state index contributed by atoms with van der Waals surface area (Å²) in [6.07, 6.45) is 5.92. The van der Waals surface area contributed by atoms with Gasteiger partial charge in [-0.25, -0.2) is 9.78 Å². The maximum Gasteiger partial charge on any atom is 0.407 e. The van der Waals surface area contributed by atoms with Crippen LogP contribution in [0.3, 0.4) is 0 Å². The Morgan fingerprint density at radius 3 is 1.93 bits per heavy atom. The van der Waals surface area contributed by atoms with Crippen molar-refractivity contribution in [2.75, 3.05) is 19.8 Å². The number of aromatic nitrogens is 1. The highest BCUT2D eigenvalue weighted by molar-refractivity contribution is 5.85. The molecule has 2 heterocycles. The molecule has 2 aromatic carbocycles. The first-order chi connectivity index (χ1) is 21.3. The summed E-state index contributed by atoms with van der Waals surface area (Å²) >= 11 is 0. The zero-order chi connectivity index (χ0) is 31.8. The lowest BCUT2D eigenvalue weighted by Crippen LogP contribution is -2.26. The minimum absolute atomic E-state index is 0. The number of alkyl carbamates (subject to hydrolysis) is 1. The molecular formula is C35H48N2O8. The summed E-state index contributed by atoms with van der Waals surface area (Å²) in [5.41, 5.74) is 1.90. The molecule has 10 nitrogen and oxygen atoms in total. The SMILES string of the molecule is C.C1CCOC1.CC(=O)CCC(=O)CCCC(=O)OCc1ccccc1.Cc1cnc(CCNC(=O)OCc2ccccc2)o1. The molecule has 1 amide bonds. The first-order valence-electron chi connectivity index (χ1n) is 15.0. The number of esters is 1.